The first-order valence-corrected chi connectivity index (χ1v) is 7.98. The lowest BCUT2D eigenvalue weighted by Gasteiger charge is -2.37. The molecule has 3 rings (SSSR count). The zero-order chi connectivity index (χ0) is 16.0. The van der Waals surface area contributed by atoms with E-state index in [0.717, 1.165) is 24.0 Å². The first-order chi connectivity index (χ1) is 10.4. The molecule has 2 heteroatoms. The van der Waals surface area contributed by atoms with Gasteiger partial charge in [0, 0.05) is 0 Å². The highest BCUT2D eigenvalue weighted by Gasteiger charge is 2.52. The highest BCUT2D eigenvalue weighted by Crippen LogP contribution is 2.50. The smallest absolute Gasteiger partial charge is 0.0724 e. The van der Waals surface area contributed by atoms with E-state index in [1.165, 1.54) is 16.2 Å². The highest BCUT2D eigenvalue weighted by atomic mass is 16.5. The fourth-order valence-corrected chi connectivity index (χ4v) is 3.58. The van der Waals surface area contributed by atoms with E-state index in [0.29, 0.717) is 0 Å². The minimum atomic E-state index is -0.451. The lowest BCUT2D eigenvalue weighted by molar-refractivity contribution is -0.260. The predicted molar refractivity (Wildman–Crippen MR) is 88.8 cm³/mol. The molecule has 1 aliphatic rings. The Morgan fingerprint density at radius 2 is 1.05 bits per heavy atom. The molecule has 1 fully saturated rings. The monoisotopic (exact) mass is 294 g/mol. The molecule has 115 valence electrons. The first kappa shape index (κ1) is 15.3. The van der Waals surface area contributed by atoms with Crippen LogP contribution in [-0.4, -0.2) is 5.06 Å². The standard InChI is InChI=1S/C20H24NO/c1-15-5-9-17(10-6-15)19(3)13-14-20(4,21(19)22)18-11-7-16(2)8-12-18/h5-12H,13-14H2,1-4H3/t19-,20-/m0/s1. The van der Waals surface area contributed by atoms with Crippen LogP contribution in [0.25, 0.3) is 0 Å². The maximum Gasteiger partial charge on any atom is 0.0724 e. The largest absolute Gasteiger partial charge is 0.135 e. The van der Waals surface area contributed by atoms with Crippen molar-refractivity contribution in [2.24, 2.45) is 0 Å². The van der Waals surface area contributed by atoms with Gasteiger partial charge in [0.25, 0.3) is 0 Å². The molecule has 2 nitrogen and oxygen atoms in total. The van der Waals surface area contributed by atoms with Crippen molar-refractivity contribution in [1.29, 1.82) is 0 Å². The van der Waals surface area contributed by atoms with Gasteiger partial charge in [-0.2, -0.15) is 0 Å². The molecule has 0 saturated carbocycles. The molecule has 0 bridgehead atoms. The number of hydrogen-bond donors (Lipinski definition) is 0. The molecule has 0 amide bonds. The Hall–Kier alpha value is -1.64. The number of nitrogens with zero attached hydrogens (tertiary/aromatic N) is 1. The van der Waals surface area contributed by atoms with Crippen LogP contribution < -0.4 is 0 Å². The van der Waals surface area contributed by atoms with E-state index in [4.69, 9.17) is 0 Å². The molecule has 0 aromatic heterocycles. The predicted octanol–water partition coefficient (Wildman–Crippen LogP) is 4.88. The van der Waals surface area contributed by atoms with Crippen LogP contribution >= 0.6 is 0 Å². The average molecular weight is 294 g/mol. The van der Waals surface area contributed by atoms with Crippen molar-refractivity contribution < 1.29 is 5.21 Å². The van der Waals surface area contributed by atoms with Crippen LogP contribution in [0.5, 0.6) is 0 Å². The van der Waals surface area contributed by atoms with Crippen LogP contribution in [0.2, 0.25) is 0 Å². The average Bonchev–Trinajstić information content (AvgIpc) is 2.75. The van der Waals surface area contributed by atoms with Crippen molar-refractivity contribution in [3.05, 3.63) is 70.8 Å². The van der Waals surface area contributed by atoms with Gasteiger partial charge in [0.2, 0.25) is 0 Å². The minimum Gasteiger partial charge on any atom is -0.135 e. The lowest BCUT2D eigenvalue weighted by atomic mass is 9.89. The maximum absolute atomic E-state index is 13.2. The molecule has 0 N–H and O–H groups in total. The molecule has 0 spiro atoms. The van der Waals surface area contributed by atoms with E-state index >= 15 is 0 Å². The van der Waals surface area contributed by atoms with E-state index in [-0.39, 0.29) is 0 Å². The summed E-state index contributed by atoms with van der Waals surface area (Å²) >= 11 is 0. The van der Waals surface area contributed by atoms with Crippen molar-refractivity contribution >= 4 is 0 Å². The fourth-order valence-electron chi connectivity index (χ4n) is 3.58. The maximum atomic E-state index is 13.2. The van der Waals surface area contributed by atoms with E-state index in [2.05, 4.69) is 76.2 Å². The molecule has 1 heterocycles. The van der Waals surface area contributed by atoms with Crippen LogP contribution in [0.1, 0.15) is 48.9 Å². The fraction of sp³-hybridized carbons (Fsp3) is 0.400. The van der Waals surface area contributed by atoms with Crippen molar-refractivity contribution in [2.75, 3.05) is 0 Å². The van der Waals surface area contributed by atoms with Gasteiger partial charge < -0.3 is 0 Å². The van der Waals surface area contributed by atoms with Crippen molar-refractivity contribution in [3.8, 4) is 0 Å². The van der Waals surface area contributed by atoms with Gasteiger partial charge >= 0.3 is 0 Å². The van der Waals surface area contributed by atoms with Gasteiger partial charge in [0.05, 0.1) is 11.1 Å². The Kier molecular flexibility index (Phi) is 3.62. The van der Waals surface area contributed by atoms with E-state index < -0.39 is 11.1 Å². The van der Waals surface area contributed by atoms with Crippen molar-refractivity contribution in [2.45, 2.75) is 51.6 Å². The van der Waals surface area contributed by atoms with Gasteiger partial charge in [0.15, 0.2) is 0 Å². The molecule has 0 aliphatic carbocycles. The number of hydroxylamine groups is 2. The summed E-state index contributed by atoms with van der Waals surface area (Å²) in [5.74, 6) is 0. The summed E-state index contributed by atoms with van der Waals surface area (Å²) in [5, 5.41) is 14.6. The molecule has 1 radical (unpaired) electrons. The molecular weight excluding hydrogens is 270 g/mol. The first-order valence-electron chi connectivity index (χ1n) is 7.98. The van der Waals surface area contributed by atoms with Crippen LogP contribution in [-0.2, 0) is 16.3 Å². The van der Waals surface area contributed by atoms with Crippen molar-refractivity contribution in [1.82, 2.24) is 5.06 Å². The summed E-state index contributed by atoms with van der Waals surface area (Å²) in [6.07, 6.45) is 1.76. The summed E-state index contributed by atoms with van der Waals surface area (Å²) in [4.78, 5) is 0. The van der Waals surface area contributed by atoms with Gasteiger partial charge in [-0.05, 0) is 51.7 Å². The Labute approximate surface area is 133 Å². The molecule has 2 aromatic rings. The third-order valence-corrected chi connectivity index (χ3v) is 5.34. The quantitative estimate of drug-likeness (QED) is 0.774. The summed E-state index contributed by atoms with van der Waals surface area (Å²) in [6, 6.07) is 16.8. The van der Waals surface area contributed by atoms with Crippen LogP contribution in [0.15, 0.2) is 48.5 Å². The Morgan fingerprint density at radius 3 is 1.36 bits per heavy atom. The van der Waals surface area contributed by atoms with Crippen molar-refractivity contribution in [3.63, 3.8) is 0 Å². The van der Waals surface area contributed by atoms with E-state index in [9.17, 15) is 5.21 Å². The number of rotatable bonds is 2. The molecule has 0 unspecified atom stereocenters. The summed E-state index contributed by atoms with van der Waals surface area (Å²) in [7, 11) is 0. The second-order valence-corrected chi connectivity index (χ2v) is 7.07. The Bertz CT molecular complexity index is 602. The molecule has 2 atom stereocenters. The third kappa shape index (κ3) is 2.27. The lowest BCUT2D eigenvalue weighted by Crippen LogP contribution is -2.44. The topological polar surface area (TPSA) is 23.1 Å². The second-order valence-electron chi connectivity index (χ2n) is 7.07. The van der Waals surface area contributed by atoms with Crippen LogP contribution in [0.3, 0.4) is 0 Å². The second kappa shape index (κ2) is 5.22. The zero-order valence-electron chi connectivity index (χ0n) is 13.9. The van der Waals surface area contributed by atoms with Gasteiger partial charge in [0.1, 0.15) is 0 Å². The summed E-state index contributed by atoms with van der Waals surface area (Å²) in [5.41, 5.74) is 3.78. The van der Waals surface area contributed by atoms with Gasteiger partial charge in [-0.15, -0.1) is 10.3 Å². The molecule has 22 heavy (non-hydrogen) atoms. The molecular formula is C20H24NO. The van der Waals surface area contributed by atoms with Crippen LogP contribution in [0.4, 0.5) is 0 Å². The third-order valence-electron chi connectivity index (χ3n) is 5.34. The molecule has 1 aliphatic heterocycles. The number of aryl methyl sites for hydroxylation is 2. The zero-order valence-corrected chi connectivity index (χ0v) is 13.9. The summed E-state index contributed by atoms with van der Waals surface area (Å²) in [6.45, 7) is 8.30. The van der Waals surface area contributed by atoms with Crippen LogP contribution in [0, 0.1) is 13.8 Å². The van der Waals surface area contributed by atoms with Gasteiger partial charge in [-0.3, -0.25) is 0 Å². The van der Waals surface area contributed by atoms with Gasteiger partial charge in [-0.25, -0.2) is 0 Å². The normalized spacial score (nSPS) is 29.0. The minimum absolute atomic E-state index is 0.451. The highest BCUT2D eigenvalue weighted by molar-refractivity contribution is 5.33. The molecule has 2 aromatic carbocycles. The Balaban J connectivity index is 1.98. The summed E-state index contributed by atoms with van der Waals surface area (Å²) < 4.78 is 0. The number of benzene rings is 2. The Morgan fingerprint density at radius 1 is 0.727 bits per heavy atom. The van der Waals surface area contributed by atoms with E-state index in [1.54, 1.807) is 0 Å². The SMILES string of the molecule is Cc1ccc([C@]2(C)CC[C@@](C)(c3ccc(C)cc3)N2[O])cc1. The number of hydrogen-bond acceptors (Lipinski definition) is 1. The molecule has 1 saturated heterocycles. The van der Waals surface area contributed by atoms with E-state index in [1.807, 2.05) is 0 Å². The van der Waals surface area contributed by atoms with Gasteiger partial charge in [-0.1, -0.05) is 59.7 Å².